The predicted octanol–water partition coefficient (Wildman–Crippen LogP) is 3.36. The van der Waals surface area contributed by atoms with Crippen LogP contribution in [0, 0.1) is 0 Å². The monoisotopic (exact) mass is 277 g/mol. The molecule has 0 saturated carbocycles. The van der Waals surface area contributed by atoms with E-state index in [9.17, 15) is 5.11 Å². The summed E-state index contributed by atoms with van der Waals surface area (Å²) >= 11 is 5.81. The standard InChI is InChI=1S/C13H20ClNO.ClH/c1-12(2,3)15-9-13(4,16)10-5-7-11(14)8-6-10;/h5-8,15-16H,9H2,1-4H3;1H. The van der Waals surface area contributed by atoms with Crippen molar-refractivity contribution < 1.29 is 5.11 Å². The van der Waals surface area contributed by atoms with Gasteiger partial charge in [-0.15, -0.1) is 12.4 Å². The number of nitrogens with one attached hydrogen (secondary N) is 1. The Morgan fingerprint density at radius 2 is 1.59 bits per heavy atom. The SMILES string of the molecule is CC(C)(C)NCC(C)(O)c1ccc(Cl)cc1.Cl. The molecule has 1 aromatic carbocycles. The highest BCUT2D eigenvalue weighted by Gasteiger charge is 2.24. The zero-order valence-corrected chi connectivity index (χ0v) is 12.3. The van der Waals surface area contributed by atoms with Gasteiger partial charge in [-0.05, 0) is 45.4 Å². The van der Waals surface area contributed by atoms with E-state index >= 15 is 0 Å². The van der Waals surface area contributed by atoms with E-state index in [1.165, 1.54) is 0 Å². The van der Waals surface area contributed by atoms with Crippen molar-refractivity contribution in [2.45, 2.75) is 38.8 Å². The second-order valence-corrected chi connectivity index (χ2v) is 5.82. The van der Waals surface area contributed by atoms with Crippen LogP contribution < -0.4 is 5.32 Å². The average molecular weight is 278 g/mol. The summed E-state index contributed by atoms with van der Waals surface area (Å²) in [5.74, 6) is 0. The van der Waals surface area contributed by atoms with Crippen LogP contribution in [-0.2, 0) is 5.60 Å². The van der Waals surface area contributed by atoms with Crippen molar-refractivity contribution in [3.63, 3.8) is 0 Å². The van der Waals surface area contributed by atoms with E-state index in [0.29, 0.717) is 11.6 Å². The van der Waals surface area contributed by atoms with Gasteiger partial charge < -0.3 is 10.4 Å². The van der Waals surface area contributed by atoms with Crippen LogP contribution >= 0.6 is 24.0 Å². The molecule has 2 N–H and O–H groups in total. The molecule has 2 nitrogen and oxygen atoms in total. The van der Waals surface area contributed by atoms with Gasteiger partial charge in [-0.3, -0.25) is 0 Å². The molecule has 17 heavy (non-hydrogen) atoms. The molecule has 0 radical (unpaired) electrons. The molecule has 0 amide bonds. The Kier molecular flexibility index (Phi) is 5.95. The Bertz CT molecular complexity index is 341. The summed E-state index contributed by atoms with van der Waals surface area (Å²) in [6.07, 6.45) is 0. The van der Waals surface area contributed by atoms with Crippen LogP contribution in [0.4, 0.5) is 0 Å². The third kappa shape index (κ3) is 5.73. The van der Waals surface area contributed by atoms with Crippen molar-refractivity contribution >= 4 is 24.0 Å². The van der Waals surface area contributed by atoms with Gasteiger partial charge in [-0.25, -0.2) is 0 Å². The van der Waals surface area contributed by atoms with Gasteiger partial charge in [-0.1, -0.05) is 23.7 Å². The number of rotatable bonds is 3. The average Bonchev–Trinajstić information content (AvgIpc) is 2.15. The molecule has 0 spiro atoms. The summed E-state index contributed by atoms with van der Waals surface area (Å²) < 4.78 is 0. The topological polar surface area (TPSA) is 32.3 Å². The first-order chi connectivity index (χ1) is 7.21. The third-order valence-electron chi connectivity index (χ3n) is 2.43. The van der Waals surface area contributed by atoms with E-state index in [4.69, 9.17) is 11.6 Å². The lowest BCUT2D eigenvalue weighted by molar-refractivity contribution is 0.0502. The van der Waals surface area contributed by atoms with Crippen molar-refractivity contribution in [2.24, 2.45) is 0 Å². The fraction of sp³-hybridized carbons (Fsp3) is 0.538. The van der Waals surface area contributed by atoms with Gasteiger partial charge in [0.2, 0.25) is 0 Å². The van der Waals surface area contributed by atoms with Crippen LogP contribution in [0.1, 0.15) is 33.3 Å². The molecule has 0 fully saturated rings. The molecule has 98 valence electrons. The molecule has 0 aromatic heterocycles. The molecule has 0 aliphatic carbocycles. The molecule has 0 saturated heterocycles. The molecule has 1 unspecified atom stereocenters. The van der Waals surface area contributed by atoms with E-state index in [1.807, 2.05) is 12.1 Å². The largest absolute Gasteiger partial charge is 0.384 e. The van der Waals surface area contributed by atoms with Crippen LogP contribution in [0.15, 0.2) is 24.3 Å². The molecular formula is C13H21Cl2NO. The summed E-state index contributed by atoms with van der Waals surface area (Å²) in [4.78, 5) is 0. The van der Waals surface area contributed by atoms with Gasteiger partial charge in [-0.2, -0.15) is 0 Å². The second kappa shape index (κ2) is 6.05. The zero-order chi connectivity index (χ0) is 12.4. The van der Waals surface area contributed by atoms with Crippen molar-refractivity contribution in [1.82, 2.24) is 5.32 Å². The van der Waals surface area contributed by atoms with E-state index in [0.717, 1.165) is 5.56 Å². The third-order valence-corrected chi connectivity index (χ3v) is 2.68. The maximum absolute atomic E-state index is 10.3. The molecular weight excluding hydrogens is 257 g/mol. The van der Waals surface area contributed by atoms with Crippen molar-refractivity contribution in [3.05, 3.63) is 34.9 Å². The molecule has 0 heterocycles. The van der Waals surface area contributed by atoms with Crippen LogP contribution in [0.5, 0.6) is 0 Å². The van der Waals surface area contributed by atoms with Gasteiger partial charge in [0.05, 0.1) is 5.60 Å². The minimum Gasteiger partial charge on any atom is -0.384 e. The Morgan fingerprint density at radius 3 is 2.00 bits per heavy atom. The van der Waals surface area contributed by atoms with E-state index in [1.54, 1.807) is 19.1 Å². The van der Waals surface area contributed by atoms with Gasteiger partial charge in [0.15, 0.2) is 0 Å². The summed E-state index contributed by atoms with van der Waals surface area (Å²) in [6.45, 7) is 8.54. The Hall–Kier alpha value is -0.280. The molecule has 0 bridgehead atoms. The smallest absolute Gasteiger partial charge is 0.0992 e. The lowest BCUT2D eigenvalue weighted by atomic mass is 9.95. The normalized spacial score (nSPS) is 14.9. The molecule has 0 aliphatic rings. The minimum absolute atomic E-state index is 0. The van der Waals surface area contributed by atoms with Gasteiger partial charge in [0, 0.05) is 17.1 Å². The summed E-state index contributed by atoms with van der Waals surface area (Å²) in [6, 6.07) is 7.30. The summed E-state index contributed by atoms with van der Waals surface area (Å²) in [5.41, 5.74) is -0.0115. The number of halogens is 2. The number of hydrogen-bond donors (Lipinski definition) is 2. The first-order valence-electron chi connectivity index (χ1n) is 5.44. The molecule has 1 aromatic rings. The van der Waals surface area contributed by atoms with Crippen molar-refractivity contribution in [1.29, 1.82) is 0 Å². The van der Waals surface area contributed by atoms with Gasteiger partial charge >= 0.3 is 0 Å². The Labute approximate surface area is 115 Å². The first kappa shape index (κ1) is 16.7. The maximum atomic E-state index is 10.3. The number of β-amino-alcohol motifs (C(OH)–C–C–N with tert-alkyl or cyclic N) is 1. The van der Waals surface area contributed by atoms with Crippen molar-refractivity contribution in [2.75, 3.05) is 6.54 Å². The van der Waals surface area contributed by atoms with Crippen molar-refractivity contribution in [3.8, 4) is 0 Å². The highest BCUT2D eigenvalue weighted by molar-refractivity contribution is 6.30. The molecule has 4 heteroatoms. The van der Waals surface area contributed by atoms with Gasteiger partial charge in [0.25, 0.3) is 0 Å². The van der Waals surface area contributed by atoms with E-state index in [2.05, 4.69) is 26.1 Å². The molecule has 0 aliphatic heterocycles. The predicted molar refractivity (Wildman–Crippen MR) is 76.0 cm³/mol. The maximum Gasteiger partial charge on any atom is 0.0992 e. The molecule has 1 atom stereocenters. The van der Waals surface area contributed by atoms with Crippen LogP contribution in [0.3, 0.4) is 0 Å². The quantitative estimate of drug-likeness (QED) is 0.888. The Balaban J connectivity index is 0.00000256. The fourth-order valence-electron chi connectivity index (χ4n) is 1.35. The van der Waals surface area contributed by atoms with Crippen LogP contribution in [-0.4, -0.2) is 17.2 Å². The van der Waals surface area contributed by atoms with E-state index in [-0.39, 0.29) is 17.9 Å². The number of benzene rings is 1. The number of aliphatic hydroxyl groups is 1. The lowest BCUT2D eigenvalue weighted by Gasteiger charge is -2.29. The second-order valence-electron chi connectivity index (χ2n) is 5.38. The van der Waals surface area contributed by atoms with Crippen LogP contribution in [0.25, 0.3) is 0 Å². The highest BCUT2D eigenvalue weighted by Crippen LogP contribution is 2.22. The van der Waals surface area contributed by atoms with Crippen LogP contribution in [0.2, 0.25) is 5.02 Å². The molecule has 1 rings (SSSR count). The fourth-order valence-corrected chi connectivity index (χ4v) is 1.47. The minimum atomic E-state index is -0.877. The van der Waals surface area contributed by atoms with E-state index < -0.39 is 5.60 Å². The highest BCUT2D eigenvalue weighted by atomic mass is 35.5. The first-order valence-corrected chi connectivity index (χ1v) is 5.82. The number of hydrogen-bond acceptors (Lipinski definition) is 2. The van der Waals surface area contributed by atoms with Gasteiger partial charge in [0.1, 0.15) is 0 Å². The Morgan fingerprint density at radius 1 is 1.12 bits per heavy atom. The zero-order valence-electron chi connectivity index (χ0n) is 10.7. The lowest BCUT2D eigenvalue weighted by Crippen LogP contribution is -2.44. The summed E-state index contributed by atoms with van der Waals surface area (Å²) in [5, 5.41) is 14.3. The summed E-state index contributed by atoms with van der Waals surface area (Å²) in [7, 11) is 0.